The highest BCUT2D eigenvalue weighted by molar-refractivity contribution is 5.55. The molecule has 0 N–H and O–H groups in total. The normalized spacial score (nSPS) is 8.87. The molecule has 0 atom stereocenters. The molecule has 0 bridgehead atoms. The van der Waals surface area contributed by atoms with Crippen molar-refractivity contribution in [3.05, 3.63) is 39.7 Å². The first-order chi connectivity index (χ1) is 7.15. The molecule has 0 saturated carbocycles. The number of benzene rings is 1. The van der Waals surface area contributed by atoms with Crippen LogP contribution in [0.3, 0.4) is 0 Å². The predicted molar refractivity (Wildman–Crippen MR) is 50.6 cm³/mol. The van der Waals surface area contributed by atoms with Gasteiger partial charge in [0.1, 0.15) is 6.29 Å². The molecule has 0 radical (unpaired) electrons. The Balaban J connectivity index is 2.98. The number of nitro groups is 1. The summed E-state index contributed by atoms with van der Waals surface area (Å²) in [6.45, 7) is 0. The second kappa shape index (κ2) is 4.86. The molecule has 0 aromatic heterocycles. The van der Waals surface area contributed by atoms with E-state index in [0.29, 0.717) is 11.8 Å². The molecule has 0 heterocycles. The minimum Gasteiger partial charge on any atom is -0.302 e. The summed E-state index contributed by atoms with van der Waals surface area (Å²) in [4.78, 5) is 19.4. The molecule has 15 heavy (non-hydrogen) atoms. The van der Waals surface area contributed by atoms with Gasteiger partial charge in [-0.05, 0) is 12.1 Å². The molecule has 0 fully saturated rings. The molecule has 0 unspecified atom stereocenters. The van der Waals surface area contributed by atoms with Gasteiger partial charge in [-0.25, -0.2) is 0 Å². The van der Waals surface area contributed by atoms with Crippen LogP contribution in [-0.4, -0.2) is 11.2 Å². The average molecular weight is 207 g/mol. The number of hydrogen-bond acceptors (Lipinski definition) is 3. The van der Waals surface area contributed by atoms with E-state index in [9.17, 15) is 19.3 Å². The van der Waals surface area contributed by atoms with Gasteiger partial charge >= 0.3 is 5.69 Å². The second-order valence-corrected chi connectivity index (χ2v) is 2.60. The van der Waals surface area contributed by atoms with Gasteiger partial charge in [-0.3, -0.25) is 10.1 Å². The van der Waals surface area contributed by atoms with Gasteiger partial charge in [0.15, 0.2) is 0 Å². The van der Waals surface area contributed by atoms with Crippen LogP contribution in [0.25, 0.3) is 0 Å². The lowest BCUT2D eigenvalue weighted by molar-refractivity contribution is -0.387. The quantitative estimate of drug-likeness (QED) is 0.321. The summed E-state index contributed by atoms with van der Waals surface area (Å²) in [7, 11) is 0. The zero-order valence-corrected chi connectivity index (χ0v) is 7.57. The maximum absolute atomic E-state index is 13.0. The lowest BCUT2D eigenvalue weighted by Gasteiger charge is -1.93. The van der Waals surface area contributed by atoms with Crippen LogP contribution in [0.15, 0.2) is 18.2 Å². The number of carbonyl (C=O) groups excluding carboxylic acids is 1. The number of carbonyl (C=O) groups is 1. The number of hydrogen-bond donors (Lipinski definition) is 0. The van der Waals surface area contributed by atoms with Crippen molar-refractivity contribution in [1.29, 1.82) is 0 Å². The molecule has 76 valence electrons. The minimum atomic E-state index is -0.932. The van der Waals surface area contributed by atoms with Crippen LogP contribution in [0.1, 0.15) is 12.0 Å². The van der Waals surface area contributed by atoms with Gasteiger partial charge in [-0.1, -0.05) is 11.8 Å². The molecule has 1 aromatic carbocycles. The Morgan fingerprint density at radius 3 is 2.80 bits per heavy atom. The molecule has 1 rings (SSSR count). The largest absolute Gasteiger partial charge is 0.304 e. The van der Waals surface area contributed by atoms with Gasteiger partial charge in [0.05, 0.1) is 11.3 Å². The molecule has 0 aliphatic carbocycles. The smallest absolute Gasteiger partial charge is 0.302 e. The van der Waals surface area contributed by atoms with Crippen molar-refractivity contribution in [2.45, 2.75) is 6.42 Å². The predicted octanol–water partition coefficient (Wildman–Crippen LogP) is 1.67. The summed E-state index contributed by atoms with van der Waals surface area (Å²) in [6, 6.07) is 3.34. The number of aldehydes is 1. The molecular formula is C10H6FNO3. The van der Waals surface area contributed by atoms with Crippen molar-refractivity contribution < 1.29 is 14.1 Å². The lowest BCUT2D eigenvalue weighted by Crippen LogP contribution is -1.92. The van der Waals surface area contributed by atoms with Gasteiger partial charge in [0, 0.05) is 11.6 Å². The van der Waals surface area contributed by atoms with Crippen LogP contribution >= 0.6 is 0 Å². The average Bonchev–Trinajstić information content (AvgIpc) is 2.17. The molecule has 5 heteroatoms. The van der Waals surface area contributed by atoms with Gasteiger partial charge in [0.25, 0.3) is 0 Å². The number of rotatable bonds is 2. The van der Waals surface area contributed by atoms with Gasteiger partial charge < -0.3 is 4.79 Å². The van der Waals surface area contributed by atoms with E-state index in [1.807, 2.05) is 0 Å². The third-order valence-electron chi connectivity index (χ3n) is 1.56. The van der Waals surface area contributed by atoms with Crippen molar-refractivity contribution in [1.82, 2.24) is 0 Å². The Bertz CT molecular complexity index is 459. The molecule has 0 aliphatic heterocycles. The third kappa shape index (κ3) is 2.88. The Morgan fingerprint density at radius 2 is 2.27 bits per heavy atom. The van der Waals surface area contributed by atoms with Crippen molar-refractivity contribution in [3.63, 3.8) is 0 Å². The van der Waals surface area contributed by atoms with Gasteiger partial charge in [-0.2, -0.15) is 4.39 Å². The highest BCUT2D eigenvalue weighted by Crippen LogP contribution is 2.17. The van der Waals surface area contributed by atoms with E-state index in [-0.39, 0.29) is 6.42 Å². The van der Waals surface area contributed by atoms with E-state index in [2.05, 4.69) is 11.8 Å². The zero-order chi connectivity index (χ0) is 11.3. The molecule has 0 aliphatic rings. The first kappa shape index (κ1) is 10.9. The first-order valence-electron chi connectivity index (χ1n) is 4.01. The van der Waals surface area contributed by atoms with E-state index in [1.54, 1.807) is 0 Å². The Morgan fingerprint density at radius 1 is 1.53 bits per heavy atom. The fourth-order valence-corrected chi connectivity index (χ4v) is 0.927. The van der Waals surface area contributed by atoms with E-state index < -0.39 is 16.4 Å². The Labute approximate surface area is 84.9 Å². The highest BCUT2D eigenvalue weighted by atomic mass is 19.1. The van der Waals surface area contributed by atoms with Crippen molar-refractivity contribution in [3.8, 4) is 11.8 Å². The first-order valence-corrected chi connectivity index (χ1v) is 4.01. The second-order valence-electron chi connectivity index (χ2n) is 2.60. The van der Waals surface area contributed by atoms with E-state index >= 15 is 0 Å². The van der Waals surface area contributed by atoms with E-state index in [1.165, 1.54) is 6.07 Å². The van der Waals surface area contributed by atoms with Crippen molar-refractivity contribution >= 4 is 12.0 Å². The molecular weight excluding hydrogens is 201 g/mol. The standard InChI is InChI=1S/C10H6FNO3/c11-9-7-8(3-1-2-6-13)4-5-10(9)12(14)15/h4-7H,2H2. The van der Waals surface area contributed by atoms with Crippen LogP contribution in [0, 0.1) is 27.8 Å². The summed E-state index contributed by atoms with van der Waals surface area (Å²) >= 11 is 0. The SMILES string of the molecule is O=CCC#Cc1ccc([N+](=O)[O-])c(F)c1. The van der Waals surface area contributed by atoms with Crippen LogP contribution in [0.2, 0.25) is 0 Å². The van der Waals surface area contributed by atoms with Crippen molar-refractivity contribution in [2.24, 2.45) is 0 Å². The summed E-state index contributed by atoms with van der Waals surface area (Å²) in [5.74, 6) is 4.05. The van der Waals surface area contributed by atoms with E-state index in [4.69, 9.17) is 0 Å². The van der Waals surface area contributed by atoms with Crippen LogP contribution < -0.4 is 0 Å². The van der Waals surface area contributed by atoms with E-state index in [0.717, 1.165) is 12.1 Å². The summed E-state index contributed by atoms with van der Waals surface area (Å²) < 4.78 is 13.0. The number of nitrogens with zero attached hydrogens (tertiary/aromatic N) is 1. The summed E-state index contributed by atoms with van der Waals surface area (Å²) in [5, 5.41) is 10.3. The molecule has 4 nitrogen and oxygen atoms in total. The number of halogens is 1. The summed E-state index contributed by atoms with van der Waals surface area (Å²) in [5.41, 5.74) is -0.282. The fraction of sp³-hybridized carbons (Fsp3) is 0.100. The third-order valence-corrected chi connectivity index (χ3v) is 1.56. The topological polar surface area (TPSA) is 60.2 Å². The molecule has 0 spiro atoms. The van der Waals surface area contributed by atoms with Crippen LogP contribution in [0.5, 0.6) is 0 Å². The maximum Gasteiger partial charge on any atom is 0.304 e. The van der Waals surface area contributed by atoms with Gasteiger partial charge in [0.2, 0.25) is 5.82 Å². The maximum atomic E-state index is 13.0. The zero-order valence-electron chi connectivity index (χ0n) is 7.57. The van der Waals surface area contributed by atoms with Gasteiger partial charge in [-0.15, -0.1) is 0 Å². The Kier molecular flexibility index (Phi) is 3.52. The molecule has 1 aromatic rings. The van der Waals surface area contributed by atoms with Crippen LogP contribution in [-0.2, 0) is 4.79 Å². The van der Waals surface area contributed by atoms with Crippen LogP contribution in [0.4, 0.5) is 10.1 Å². The molecule has 0 saturated heterocycles. The number of nitro benzene ring substituents is 1. The summed E-state index contributed by atoms with van der Waals surface area (Å²) in [6.07, 6.45) is 0.674. The Hall–Kier alpha value is -2.22. The fourth-order valence-electron chi connectivity index (χ4n) is 0.927. The minimum absolute atomic E-state index is 0.0542. The highest BCUT2D eigenvalue weighted by Gasteiger charge is 2.12. The van der Waals surface area contributed by atoms with Crippen molar-refractivity contribution in [2.75, 3.05) is 0 Å². The monoisotopic (exact) mass is 207 g/mol. The lowest BCUT2D eigenvalue weighted by atomic mass is 10.2. The molecule has 0 amide bonds.